The molecule has 176 valence electrons. The van der Waals surface area contributed by atoms with Crippen LogP contribution < -0.4 is 15.0 Å². The number of ether oxygens (including phenoxy) is 1. The van der Waals surface area contributed by atoms with Crippen molar-refractivity contribution in [2.45, 2.75) is 13.0 Å². The van der Waals surface area contributed by atoms with Gasteiger partial charge in [-0.15, -0.1) is 6.58 Å². The fourth-order valence-electron chi connectivity index (χ4n) is 3.54. The Morgan fingerprint density at radius 3 is 2.40 bits per heavy atom. The number of carbonyl (C=O) groups is 3. The fraction of sp³-hybridized carbons (Fsp3) is 0.0741. The lowest BCUT2D eigenvalue weighted by Gasteiger charge is -2.26. The number of hydrogen-bond donors (Lipinski definition) is 1. The molecule has 0 bridgehead atoms. The van der Waals surface area contributed by atoms with E-state index in [1.54, 1.807) is 36.4 Å². The highest BCUT2D eigenvalue weighted by Gasteiger charge is 2.36. The molecule has 0 spiro atoms. The summed E-state index contributed by atoms with van der Waals surface area (Å²) < 4.78 is 19.2. The number of benzene rings is 3. The predicted molar refractivity (Wildman–Crippen MR) is 132 cm³/mol. The number of nitrogens with one attached hydrogen (secondary N) is 1. The number of allylic oxidation sites excluding steroid dienone is 1. The average Bonchev–Trinajstić information content (AvgIpc) is 2.83. The van der Waals surface area contributed by atoms with E-state index in [0.29, 0.717) is 29.4 Å². The van der Waals surface area contributed by atoms with E-state index in [1.165, 1.54) is 18.2 Å². The van der Waals surface area contributed by atoms with Crippen molar-refractivity contribution in [1.29, 1.82) is 0 Å². The van der Waals surface area contributed by atoms with Crippen LogP contribution in [0, 0.1) is 5.82 Å². The summed E-state index contributed by atoms with van der Waals surface area (Å²) >= 11 is 5.92. The summed E-state index contributed by atoms with van der Waals surface area (Å²) in [5.41, 5.74) is 2.23. The van der Waals surface area contributed by atoms with Crippen LogP contribution in [0.25, 0.3) is 6.08 Å². The molecule has 1 N–H and O–H groups in total. The Morgan fingerprint density at radius 1 is 1.00 bits per heavy atom. The Hall–Kier alpha value is -4.23. The minimum atomic E-state index is -0.901. The van der Waals surface area contributed by atoms with Crippen molar-refractivity contribution in [3.8, 4) is 5.75 Å². The smallest absolute Gasteiger partial charge is 0.335 e. The Morgan fingerprint density at radius 2 is 1.71 bits per heavy atom. The lowest BCUT2D eigenvalue weighted by Crippen LogP contribution is -2.54. The van der Waals surface area contributed by atoms with E-state index < -0.39 is 23.7 Å². The third-order valence-corrected chi connectivity index (χ3v) is 5.51. The largest absolute Gasteiger partial charge is 0.489 e. The summed E-state index contributed by atoms with van der Waals surface area (Å²) in [5.74, 6) is -1.51. The van der Waals surface area contributed by atoms with Crippen molar-refractivity contribution in [2.75, 3.05) is 4.90 Å². The summed E-state index contributed by atoms with van der Waals surface area (Å²) in [6, 6.07) is 16.5. The third kappa shape index (κ3) is 5.47. The number of carbonyl (C=O) groups excluding carboxylic acids is 3. The van der Waals surface area contributed by atoms with Crippen LogP contribution in [0.3, 0.4) is 0 Å². The summed E-state index contributed by atoms with van der Waals surface area (Å²) in [5, 5.41) is 2.79. The lowest BCUT2D eigenvalue weighted by molar-refractivity contribution is -0.122. The number of nitrogens with zero attached hydrogens (tertiary/aromatic N) is 1. The lowest BCUT2D eigenvalue weighted by atomic mass is 10.0. The van der Waals surface area contributed by atoms with Crippen molar-refractivity contribution in [1.82, 2.24) is 5.32 Å². The molecule has 0 saturated carbocycles. The van der Waals surface area contributed by atoms with Crippen LogP contribution in [0.2, 0.25) is 5.02 Å². The van der Waals surface area contributed by atoms with Gasteiger partial charge in [-0.05, 0) is 77.7 Å². The zero-order valence-electron chi connectivity index (χ0n) is 18.5. The van der Waals surface area contributed by atoms with Crippen molar-refractivity contribution < 1.29 is 23.5 Å². The van der Waals surface area contributed by atoms with Gasteiger partial charge in [0.2, 0.25) is 0 Å². The van der Waals surface area contributed by atoms with E-state index in [1.807, 2.05) is 12.1 Å². The van der Waals surface area contributed by atoms with Crippen molar-refractivity contribution in [3.05, 3.63) is 112 Å². The highest BCUT2D eigenvalue weighted by molar-refractivity contribution is 6.39. The molecule has 1 saturated heterocycles. The molecule has 3 aromatic carbocycles. The molecule has 1 heterocycles. The third-order valence-electron chi connectivity index (χ3n) is 5.25. The maximum absolute atomic E-state index is 13.3. The van der Waals surface area contributed by atoms with Gasteiger partial charge in [0.1, 0.15) is 23.7 Å². The summed E-state index contributed by atoms with van der Waals surface area (Å²) in [6.07, 6.45) is 3.61. The number of urea groups is 1. The van der Waals surface area contributed by atoms with Gasteiger partial charge in [0, 0.05) is 5.02 Å². The molecule has 4 rings (SSSR count). The minimum absolute atomic E-state index is 0.144. The Labute approximate surface area is 206 Å². The van der Waals surface area contributed by atoms with Gasteiger partial charge in [0.15, 0.2) is 0 Å². The molecule has 1 fully saturated rings. The van der Waals surface area contributed by atoms with E-state index in [-0.39, 0.29) is 11.3 Å². The first-order chi connectivity index (χ1) is 16.9. The van der Waals surface area contributed by atoms with Crippen LogP contribution in [0.1, 0.15) is 16.7 Å². The maximum atomic E-state index is 13.3. The van der Waals surface area contributed by atoms with Crippen LogP contribution in [0.4, 0.5) is 14.9 Å². The summed E-state index contributed by atoms with van der Waals surface area (Å²) in [4.78, 5) is 38.6. The van der Waals surface area contributed by atoms with Gasteiger partial charge in [-0.1, -0.05) is 35.9 Å². The van der Waals surface area contributed by atoms with Crippen LogP contribution >= 0.6 is 11.6 Å². The van der Waals surface area contributed by atoms with Gasteiger partial charge in [-0.3, -0.25) is 14.9 Å². The van der Waals surface area contributed by atoms with E-state index >= 15 is 0 Å². The first kappa shape index (κ1) is 23.9. The van der Waals surface area contributed by atoms with Crippen LogP contribution in [0.15, 0.2) is 85.0 Å². The second-order valence-electron chi connectivity index (χ2n) is 7.71. The molecular formula is C27H20ClFN2O4. The number of rotatable bonds is 7. The number of imide groups is 2. The maximum Gasteiger partial charge on any atom is 0.335 e. The van der Waals surface area contributed by atoms with Gasteiger partial charge in [0.05, 0.1) is 5.69 Å². The molecule has 4 amide bonds. The quantitative estimate of drug-likeness (QED) is 0.271. The highest BCUT2D eigenvalue weighted by Crippen LogP contribution is 2.26. The molecule has 8 heteroatoms. The number of anilines is 1. The van der Waals surface area contributed by atoms with Crippen molar-refractivity contribution >= 4 is 41.2 Å². The molecular weight excluding hydrogens is 471 g/mol. The number of hydrogen-bond acceptors (Lipinski definition) is 4. The molecule has 3 aromatic rings. The predicted octanol–water partition coefficient (Wildman–Crippen LogP) is 5.45. The minimum Gasteiger partial charge on any atom is -0.489 e. The molecule has 0 aliphatic carbocycles. The summed E-state index contributed by atoms with van der Waals surface area (Å²) in [7, 11) is 0. The topological polar surface area (TPSA) is 75.7 Å². The van der Waals surface area contributed by atoms with E-state index in [2.05, 4.69) is 11.9 Å². The first-order valence-electron chi connectivity index (χ1n) is 10.6. The molecule has 35 heavy (non-hydrogen) atoms. The van der Waals surface area contributed by atoms with Crippen molar-refractivity contribution in [3.63, 3.8) is 0 Å². The van der Waals surface area contributed by atoms with E-state index in [9.17, 15) is 18.8 Å². The standard InChI is InChI=1S/C27H20ClFN2O4/c1-2-3-19-14-18(6-13-24(19)35-16-17-4-7-20(28)8-5-17)15-23-25(32)30-27(34)31(26(23)33)22-11-9-21(29)10-12-22/h2,4-15H,1,3,16H2,(H,30,32,34)/b23-15+. The van der Waals surface area contributed by atoms with Crippen molar-refractivity contribution in [2.24, 2.45) is 0 Å². The van der Waals surface area contributed by atoms with Gasteiger partial charge in [-0.25, -0.2) is 14.1 Å². The summed E-state index contributed by atoms with van der Waals surface area (Å²) in [6.45, 7) is 4.11. The van der Waals surface area contributed by atoms with Crippen LogP contribution in [0.5, 0.6) is 5.75 Å². The van der Waals surface area contributed by atoms with Crippen LogP contribution in [-0.4, -0.2) is 17.8 Å². The molecule has 1 aliphatic rings. The Balaban J connectivity index is 1.60. The SMILES string of the molecule is C=CCc1cc(/C=C2\C(=O)NC(=O)N(c3ccc(F)cc3)C2=O)ccc1OCc1ccc(Cl)cc1. The molecule has 0 aromatic heterocycles. The zero-order valence-corrected chi connectivity index (χ0v) is 19.2. The number of barbiturate groups is 1. The zero-order chi connectivity index (χ0) is 24.9. The Bertz CT molecular complexity index is 1330. The molecule has 6 nitrogen and oxygen atoms in total. The normalized spacial score (nSPS) is 14.7. The fourth-order valence-corrected chi connectivity index (χ4v) is 3.66. The molecule has 1 aliphatic heterocycles. The van der Waals surface area contributed by atoms with E-state index in [0.717, 1.165) is 28.2 Å². The number of amides is 4. The average molecular weight is 491 g/mol. The van der Waals surface area contributed by atoms with Gasteiger partial charge >= 0.3 is 6.03 Å². The second-order valence-corrected chi connectivity index (χ2v) is 8.15. The Kier molecular flexibility index (Phi) is 7.08. The molecule has 0 unspecified atom stereocenters. The monoisotopic (exact) mass is 490 g/mol. The van der Waals surface area contributed by atoms with Gasteiger partial charge < -0.3 is 4.74 Å². The number of halogens is 2. The first-order valence-corrected chi connectivity index (χ1v) is 11.0. The second kappa shape index (κ2) is 10.4. The van der Waals surface area contributed by atoms with Gasteiger partial charge in [-0.2, -0.15) is 0 Å². The molecule has 0 radical (unpaired) electrons. The van der Waals surface area contributed by atoms with Gasteiger partial charge in [0.25, 0.3) is 11.8 Å². The van der Waals surface area contributed by atoms with E-state index in [4.69, 9.17) is 16.3 Å². The molecule has 0 atom stereocenters. The highest BCUT2D eigenvalue weighted by atomic mass is 35.5. The van der Waals surface area contributed by atoms with Crippen LogP contribution in [-0.2, 0) is 22.6 Å².